The van der Waals surface area contributed by atoms with E-state index in [4.69, 9.17) is 4.74 Å². The van der Waals surface area contributed by atoms with Crippen LogP contribution in [0.3, 0.4) is 0 Å². The van der Waals surface area contributed by atoms with Gasteiger partial charge in [0.25, 0.3) is 0 Å². The van der Waals surface area contributed by atoms with Crippen LogP contribution in [0.4, 0.5) is 4.79 Å². The topological polar surface area (TPSA) is 26.3 Å². The van der Waals surface area contributed by atoms with Crippen LogP contribution in [0.15, 0.2) is 0 Å². The van der Waals surface area contributed by atoms with Gasteiger partial charge in [-0.05, 0) is 42.4 Å². The van der Waals surface area contributed by atoms with E-state index >= 15 is 0 Å². The molecule has 2 rings (SSSR count). The Morgan fingerprint density at radius 3 is 2.21 bits per heavy atom. The first-order valence-electron chi connectivity index (χ1n) is 7.44. The van der Waals surface area contributed by atoms with E-state index in [-0.39, 0.29) is 22.4 Å². The van der Waals surface area contributed by atoms with Gasteiger partial charge in [-0.1, -0.05) is 41.5 Å². The van der Waals surface area contributed by atoms with Crippen molar-refractivity contribution in [3.05, 3.63) is 0 Å². The minimum atomic E-state index is -0.723. The van der Waals surface area contributed by atoms with Gasteiger partial charge in [0.2, 0.25) is 0 Å². The molecule has 0 aromatic heterocycles. The molecule has 2 nitrogen and oxygen atoms in total. The van der Waals surface area contributed by atoms with E-state index in [0.717, 1.165) is 12.3 Å². The van der Waals surface area contributed by atoms with Crippen LogP contribution < -0.4 is 0 Å². The predicted octanol–water partition coefficient (Wildman–Crippen LogP) is 5.25. The van der Waals surface area contributed by atoms with Crippen molar-refractivity contribution in [2.75, 3.05) is 6.66 Å². The zero-order valence-electron chi connectivity index (χ0n) is 13.5. The fraction of sp³-hybridized carbons (Fsp3) is 0.938. The maximum atomic E-state index is 12.4. The summed E-state index contributed by atoms with van der Waals surface area (Å²) < 4.78 is 5.96. The van der Waals surface area contributed by atoms with Crippen molar-refractivity contribution >= 4 is 13.6 Å². The average molecular weight is 284 g/mol. The zero-order valence-corrected chi connectivity index (χ0v) is 14.4. The van der Waals surface area contributed by atoms with Gasteiger partial charge in [-0.3, -0.25) is 0 Å². The largest absolute Gasteiger partial charge is 0.459 e. The van der Waals surface area contributed by atoms with E-state index in [2.05, 4.69) is 48.2 Å². The molecule has 2 aliphatic carbocycles. The van der Waals surface area contributed by atoms with Gasteiger partial charge in [0, 0.05) is 13.3 Å². The second-order valence-corrected chi connectivity index (χ2v) is 11.0. The standard InChI is InChI=1S/C16H29O2P/c1-14(2,3)19(7)13(17)18-12-10-11-8-9-16(12,6)15(11,4)5/h11-12H,8-10H2,1-7H3/t11-,12+,16+,19-/m1/s1. The van der Waals surface area contributed by atoms with Gasteiger partial charge in [-0.15, -0.1) is 0 Å². The summed E-state index contributed by atoms with van der Waals surface area (Å²) in [5.74, 6) is 0.730. The van der Waals surface area contributed by atoms with Gasteiger partial charge >= 0.3 is 5.71 Å². The fourth-order valence-electron chi connectivity index (χ4n) is 3.78. The molecule has 0 amide bonds. The molecule has 0 unspecified atom stereocenters. The van der Waals surface area contributed by atoms with Crippen LogP contribution in [-0.2, 0) is 4.74 Å². The first-order valence-corrected chi connectivity index (χ1v) is 9.23. The second-order valence-electron chi connectivity index (χ2n) is 8.21. The molecule has 2 fully saturated rings. The van der Waals surface area contributed by atoms with Crippen LogP contribution >= 0.6 is 7.92 Å². The molecule has 0 aromatic carbocycles. The summed E-state index contributed by atoms with van der Waals surface area (Å²) in [5, 5.41) is 0.0421. The molecule has 0 N–H and O–H groups in total. The molecular weight excluding hydrogens is 255 g/mol. The Morgan fingerprint density at radius 2 is 1.84 bits per heavy atom. The molecule has 0 spiro atoms. The number of hydrogen-bond donors (Lipinski definition) is 0. The molecule has 0 heterocycles. The Kier molecular flexibility index (Phi) is 3.58. The summed E-state index contributed by atoms with van der Waals surface area (Å²) in [6, 6.07) is 0. The van der Waals surface area contributed by atoms with Crippen LogP contribution in [0.2, 0.25) is 0 Å². The molecule has 0 saturated heterocycles. The number of ether oxygens (including phenoxy) is 1. The monoisotopic (exact) mass is 284 g/mol. The minimum absolute atomic E-state index is 0.0421. The zero-order chi connectivity index (χ0) is 14.6. The van der Waals surface area contributed by atoms with Gasteiger partial charge in [0.05, 0.1) is 0 Å². The van der Waals surface area contributed by atoms with Crippen molar-refractivity contribution in [3.8, 4) is 0 Å². The lowest BCUT2D eigenvalue weighted by Gasteiger charge is -2.39. The van der Waals surface area contributed by atoms with Gasteiger partial charge in [0.15, 0.2) is 0 Å². The Hall–Kier alpha value is -0.100. The average Bonchev–Trinajstić information content (AvgIpc) is 2.59. The highest BCUT2D eigenvalue weighted by atomic mass is 31.1. The Labute approximate surface area is 119 Å². The highest BCUT2D eigenvalue weighted by Gasteiger charge is 2.63. The lowest BCUT2D eigenvalue weighted by molar-refractivity contribution is 0.00615. The molecule has 19 heavy (non-hydrogen) atoms. The smallest absolute Gasteiger partial charge is 0.326 e. The minimum Gasteiger partial charge on any atom is -0.459 e. The number of carbonyl (C=O) groups excluding carboxylic acids is 1. The lowest BCUT2D eigenvalue weighted by Crippen LogP contribution is -2.38. The summed E-state index contributed by atoms with van der Waals surface area (Å²) in [7, 11) is -0.723. The third kappa shape index (κ3) is 2.24. The van der Waals surface area contributed by atoms with E-state index in [1.165, 1.54) is 12.8 Å². The van der Waals surface area contributed by atoms with E-state index in [9.17, 15) is 4.79 Å². The summed E-state index contributed by atoms with van der Waals surface area (Å²) in [6.07, 6.45) is 3.72. The summed E-state index contributed by atoms with van der Waals surface area (Å²) >= 11 is 0. The molecule has 0 radical (unpaired) electrons. The molecule has 4 atom stereocenters. The molecule has 2 saturated carbocycles. The predicted molar refractivity (Wildman–Crippen MR) is 82.1 cm³/mol. The number of carbonyl (C=O) groups is 1. The van der Waals surface area contributed by atoms with Crippen LogP contribution in [0.25, 0.3) is 0 Å². The first-order chi connectivity index (χ1) is 8.50. The summed E-state index contributed by atoms with van der Waals surface area (Å²) in [4.78, 5) is 12.4. The number of fused-ring (bicyclic) bond motifs is 2. The van der Waals surface area contributed by atoms with E-state index in [0.29, 0.717) is 5.41 Å². The Balaban J connectivity index is 2.09. The summed E-state index contributed by atoms with van der Waals surface area (Å²) in [6.45, 7) is 15.5. The molecular formula is C16H29O2P. The van der Waals surface area contributed by atoms with E-state index in [1.807, 2.05) is 0 Å². The number of rotatable bonds is 2. The molecule has 2 aliphatic rings. The van der Waals surface area contributed by atoms with Crippen molar-refractivity contribution in [2.24, 2.45) is 16.7 Å². The normalized spacial score (nSPS) is 38.3. The van der Waals surface area contributed by atoms with E-state index in [1.54, 1.807) is 0 Å². The third-order valence-electron chi connectivity index (χ3n) is 6.24. The first kappa shape index (κ1) is 15.3. The van der Waals surface area contributed by atoms with Crippen molar-refractivity contribution in [2.45, 2.75) is 72.1 Å². The molecule has 2 bridgehead atoms. The fourth-order valence-corrected chi connectivity index (χ4v) is 4.62. The third-order valence-corrected chi connectivity index (χ3v) is 8.90. The van der Waals surface area contributed by atoms with Crippen molar-refractivity contribution < 1.29 is 9.53 Å². The van der Waals surface area contributed by atoms with Crippen LogP contribution in [0, 0.1) is 16.7 Å². The number of hydrogen-bond acceptors (Lipinski definition) is 2. The van der Waals surface area contributed by atoms with Crippen LogP contribution in [0.1, 0.15) is 60.8 Å². The van der Waals surface area contributed by atoms with Gasteiger partial charge < -0.3 is 4.74 Å². The quantitative estimate of drug-likeness (QED) is 0.647. The van der Waals surface area contributed by atoms with Crippen molar-refractivity contribution in [1.29, 1.82) is 0 Å². The van der Waals surface area contributed by atoms with Crippen molar-refractivity contribution in [1.82, 2.24) is 0 Å². The van der Waals surface area contributed by atoms with Gasteiger partial charge in [0.1, 0.15) is 6.10 Å². The maximum Gasteiger partial charge on any atom is 0.326 e. The van der Waals surface area contributed by atoms with E-state index < -0.39 is 7.92 Å². The maximum absolute atomic E-state index is 12.4. The highest BCUT2D eigenvalue weighted by molar-refractivity contribution is 7.74. The van der Waals surface area contributed by atoms with Crippen molar-refractivity contribution in [3.63, 3.8) is 0 Å². The molecule has 3 heteroatoms. The summed E-state index contributed by atoms with van der Waals surface area (Å²) in [5.41, 5.74) is 0.550. The SMILES string of the molecule is C[P@](C(=O)O[C@H]1C[C@H]2CC[C@]1(C)C2(C)C)C(C)(C)C. The van der Waals surface area contributed by atoms with Gasteiger partial charge in [-0.2, -0.15) is 0 Å². The lowest BCUT2D eigenvalue weighted by atomic mass is 9.70. The second kappa shape index (κ2) is 4.45. The molecule has 0 aliphatic heterocycles. The molecule has 110 valence electrons. The molecule has 0 aromatic rings. The van der Waals surface area contributed by atoms with Crippen LogP contribution in [-0.4, -0.2) is 23.6 Å². The Bertz CT molecular complexity index is 383. The highest BCUT2D eigenvalue weighted by Crippen LogP contribution is 2.66. The Morgan fingerprint density at radius 1 is 1.26 bits per heavy atom. The van der Waals surface area contributed by atoms with Crippen LogP contribution in [0.5, 0.6) is 0 Å². The van der Waals surface area contributed by atoms with Gasteiger partial charge in [-0.25, -0.2) is 4.79 Å².